The van der Waals surface area contributed by atoms with E-state index in [4.69, 9.17) is 23.2 Å². The van der Waals surface area contributed by atoms with Crippen molar-refractivity contribution in [2.24, 2.45) is 5.92 Å². The second-order valence-corrected chi connectivity index (χ2v) is 6.54. The third-order valence-corrected chi connectivity index (χ3v) is 4.79. The molecule has 22 heavy (non-hydrogen) atoms. The standard InChI is InChI=1S/C16H22Cl2N2O.ClH/c1-20(11-13-2-4-14(17)15(18)10-13)16(21)5-3-12-6-8-19-9-7-12;/h2,4,10,12,19H,3,5-9,11H2,1H3;1H. The summed E-state index contributed by atoms with van der Waals surface area (Å²) < 4.78 is 0. The van der Waals surface area contributed by atoms with E-state index >= 15 is 0 Å². The van der Waals surface area contributed by atoms with Crippen LogP contribution < -0.4 is 5.32 Å². The van der Waals surface area contributed by atoms with Gasteiger partial charge in [0.2, 0.25) is 5.91 Å². The summed E-state index contributed by atoms with van der Waals surface area (Å²) in [6, 6.07) is 5.50. The molecule has 1 amide bonds. The van der Waals surface area contributed by atoms with Crippen LogP contribution in [0, 0.1) is 5.92 Å². The Morgan fingerprint density at radius 2 is 1.95 bits per heavy atom. The van der Waals surface area contributed by atoms with Crippen molar-refractivity contribution in [3.63, 3.8) is 0 Å². The number of carbonyl (C=O) groups is 1. The molecule has 1 aromatic carbocycles. The third kappa shape index (κ3) is 5.96. The van der Waals surface area contributed by atoms with Gasteiger partial charge < -0.3 is 10.2 Å². The highest BCUT2D eigenvalue weighted by atomic mass is 35.5. The molecule has 3 nitrogen and oxygen atoms in total. The number of nitrogens with zero attached hydrogens (tertiary/aromatic N) is 1. The van der Waals surface area contributed by atoms with E-state index in [2.05, 4.69) is 5.32 Å². The number of piperidine rings is 1. The highest BCUT2D eigenvalue weighted by Gasteiger charge is 2.16. The number of benzene rings is 1. The minimum Gasteiger partial charge on any atom is -0.341 e. The van der Waals surface area contributed by atoms with Gasteiger partial charge in [0.25, 0.3) is 0 Å². The maximum atomic E-state index is 12.2. The van der Waals surface area contributed by atoms with Crippen molar-refractivity contribution in [2.45, 2.75) is 32.2 Å². The van der Waals surface area contributed by atoms with Gasteiger partial charge in [-0.3, -0.25) is 4.79 Å². The largest absolute Gasteiger partial charge is 0.341 e. The van der Waals surface area contributed by atoms with E-state index in [1.807, 2.05) is 19.2 Å². The van der Waals surface area contributed by atoms with Crippen LogP contribution in [0.2, 0.25) is 10.0 Å². The lowest BCUT2D eigenvalue weighted by Crippen LogP contribution is -2.30. The molecule has 0 atom stereocenters. The molecule has 1 heterocycles. The Balaban J connectivity index is 0.00000242. The topological polar surface area (TPSA) is 32.3 Å². The van der Waals surface area contributed by atoms with Gasteiger partial charge in [0.05, 0.1) is 10.0 Å². The third-order valence-electron chi connectivity index (χ3n) is 4.05. The summed E-state index contributed by atoms with van der Waals surface area (Å²) in [5, 5.41) is 4.42. The maximum Gasteiger partial charge on any atom is 0.222 e. The number of carbonyl (C=O) groups excluding carboxylic acids is 1. The average molecular weight is 366 g/mol. The summed E-state index contributed by atoms with van der Waals surface area (Å²) in [4.78, 5) is 14.0. The lowest BCUT2D eigenvalue weighted by Gasteiger charge is -2.23. The number of nitrogens with one attached hydrogen (secondary N) is 1. The van der Waals surface area contributed by atoms with Gasteiger partial charge >= 0.3 is 0 Å². The lowest BCUT2D eigenvalue weighted by molar-refractivity contribution is -0.130. The Bertz CT molecular complexity index is 490. The van der Waals surface area contributed by atoms with Crippen LogP contribution in [-0.2, 0) is 11.3 Å². The first-order valence-electron chi connectivity index (χ1n) is 7.45. The van der Waals surface area contributed by atoms with E-state index in [0.29, 0.717) is 28.9 Å². The minimum atomic E-state index is 0. The van der Waals surface area contributed by atoms with Crippen molar-refractivity contribution in [1.82, 2.24) is 10.2 Å². The van der Waals surface area contributed by atoms with Crippen molar-refractivity contribution in [2.75, 3.05) is 20.1 Å². The fourth-order valence-corrected chi connectivity index (χ4v) is 3.01. The molecule has 124 valence electrons. The molecule has 0 aromatic heterocycles. The van der Waals surface area contributed by atoms with Crippen LogP contribution in [-0.4, -0.2) is 30.9 Å². The van der Waals surface area contributed by atoms with Crippen LogP contribution in [0.4, 0.5) is 0 Å². The summed E-state index contributed by atoms with van der Waals surface area (Å²) in [7, 11) is 1.84. The molecule has 1 aromatic rings. The van der Waals surface area contributed by atoms with Gasteiger partial charge in [-0.25, -0.2) is 0 Å². The average Bonchev–Trinajstić information content (AvgIpc) is 2.49. The second kappa shape index (κ2) is 9.61. The summed E-state index contributed by atoms with van der Waals surface area (Å²) >= 11 is 11.9. The fraction of sp³-hybridized carbons (Fsp3) is 0.562. The SMILES string of the molecule is CN(Cc1ccc(Cl)c(Cl)c1)C(=O)CCC1CCNCC1.Cl. The summed E-state index contributed by atoms with van der Waals surface area (Å²) in [5.74, 6) is 0.883. The normalized spacial score (nSPS) is 15.2. The molecule has 0 aliphatic carbocycles. The zero-order chi connectivity index (χ0) is 15.2. The molecule has 0 saturated carbocycles. The van der Waals surface area contributed by atoms with E-state index in [1.54, 1.807) is 11.0 Å². The summed E-state index contributed by atoms with van der Waals surface area (Å²) in [6.07, 6.45) is 3.99. The monoisotopic (exact) mass is 364 g/mol. The minimum absolute atomic E-state index is 0. The maximum absolute atomic E-state index is 12.2. The Labute approximate surface area is 148 Å². The van der Waals surface area contributed by atoms with Crippen LogP contribution in [0.3, 0.4) is 0 Å². The Morgan fingerprint density at radius 3 is 2.59 bits per heavy atom. The van der Waals surface area contributed by atoms with Gasteiger partial charge in [-0.15, -0.1) is 12.4 Å². The summed E-state index contributed by atoms with van der Waals surface area (Å²) in [6.45, 7) is 2.73. The van der Waals surface area contributed by atoms with Crippen molar-refractivity contribution in [3.8, 4) is 0 Å². The molecule has 0 radical (unpaired) electrons. The number of rotatable bonds is 5. The number of hydrogen-bond donors (Lipinski definition) is 1. The van der Waals surface area contributed by atoms with E-state index in [1.165, 1.54) is 12.8 Å². The summed E-state index contributed by atoms with van der Waals surface area (Å²) in [5.41, 5.74) is 1.00. The zero-order valence-corrected chi connectivity index (χ0v) is 15.1. The highest BCUT2D eigenvalue weighted by Crippen LogP contribution is 2.23. The van der Waals surface area contributed by atoms with E-state index < -0.39 is 0 Å². The van der Waals surface area contributed by atoms with Gasteiger partial charge in [0.1, 0.15) is 0 Å². The molecule has 1 saturated heterocycles. The first-order valence-corrected chi connectivity index (χ1v) is 8.20. The van der Waals surface area contributed by atoms with E-state index in [-0.39, 0.29) is 18.3 Å². The zero-order valence-electron chi connectivity index (χ0n) is 12.8. The Hall–Kier alpha value is -0.480. The van der Waals surface area contributed by atoms with Gasteiger partial charge in [-0.2, -0.15) is 0 Å². The molecule has 2 rings (SSSR count). The van der Waals surface area contributed by atoms with Gasteiger partial charge in [0.15, 0.2) is 0 Å². The van der Waals surface area contributed by atoms with Crippen LogP contribution in [0.1, 0.15) is 31.2 Å². The number of hydrogen-bond acceptors (Lipinski definition) is 2. The van der Waals surface area contributed by atoms with Gasteiger partial charge in [-0.1, -0.05) is 29.3 Å². The number of halogens is 3. The van der Waals surface area contributed by atoms with Crippen molar-refractivity contribution >= 4 is 41.5 Å². The highest BCUT2D eigenvalue weighted by molar-refractivity contribution is 6.42. The van der Waals surface area contributed by atoms with Crippen molar-refractivity contribution < 1.29 is 4.79 Å². The number of amides is 1. The second-order valence-electron chi connectivity index (χ2n) is 5.73. The molecule has 1 aliphatic rings. The van der Waals surface area contributed by atoms with Crippen LogP contribution in [0.5, 0.6) is 0 Å². The molecule has 0 spiro atoms. The molecular weight excluding hydrogens is 343 g/mol. The Morgan fingerprint density at radius 1 is 1.27 bits per heavy atom. The van der Waals surface area contributed by atoms with Crippen molar-refractivity contribution in [1.29, 1.82) is 0 Å². The van der Waals surface area contributed by atoms with Crippen LogP contribution in [0.25, 0.3) is 0 Å². The smallest absolute Gasteiger partial charge is 0.222 e. The molecule has 6 heteroatoms. The molecule has 1 aliphatic heterocycles. The van der Waals surface area contributed by atoms with Crippen molar-refractivity contribution in [3.05, 3.63) is 33.8 Å². The quantitative estimate of drug-likeness (QED) is 0.850. The van der Waals surface area contributed by atoms with E-state index in [9.17, 15) is 4.79 Å². The lowest BCUT2D eigenvalue weighted by atomic mass is 9.93. The van der Waals surface area contributed by atoms with Crippen LogP contribution in [0.15, 0.2) is 18.2 Å². The van der Waals surface area contributed by atoms with Gasteiger partial charge in [-0.05, 0) is 56.0 Å². The Kier molecular flexibility index (Phi) is 8.55. The van der Waals surface area contributed by atoms with Gasteiger partial charge in [0, 0.05) is 20.0 Å². The molecular formula is C16H23Cl3N2O. The first kappa shape index (κ1) is 19.6. The molecule has 1 N–H and O–H groups in total. The van der Waals surface area contributed by atoms with Crippen LogP contribution >= 0.6 is 35.6 Å². The predicted octanol–water partition coefficient (Wildman–Crippen LogP) is 4.15. The fourth-order valence-electron chi connectivity index (χ4n) is 2.69. The first-order chi connectivity index (χ1) is 10.1. The molecule has 1 fully saturated rings. The van der Waals surface area contributed by atoms with E-state index in [0.717, 1.165) is 25.1 Å². The molecule has 0 bridgehead atoms. The predicted molar refractivity (Wildman–Crippen MR) is 95.0 cm³/mol. The molecule has 0 unspecified atom stereocenters.